The molecule has 8 nitrogen and oxygen atoms in total. The van der Waals surface area contributed by atoms with Gasteiger partial charge in [-0.1, -0.05) is 5.21 Å². The van der Waals surface area contributed by atoms with E-state index in [4.69, 9.17) is 9.84 Å². The highest BCUT2D eigenvalue weighted by Gasteiger charge is 2.16. The standard InChI is InChI=1S/C10H16N4O4/c1-7-9(10(16)17)12-13-14(7)6-8(15)11-4-3-5-18-2/h3-6H2,1-2H3,(H,11,15)(H,16,17). The summed E-state index contributed by atoms with van der Waals surface area (Å²) in [5, 5.41) is 18.6. The van der Waals surface area contributed by atoms with Gasteiger partial charge in [-0.3, -0.25) is 4.79 Å². The lowest BCUT2D eigenvalue weighted by atomic mass is 10.3. The van der Waals surface area contributed by atoms with Crippen molar-refractivity contribution in [1.82, 2.24) is 20.3 Å². The van der Waals surface area contributed by atoms with Crippen LogP contribution in [0.25, 0.3) is 0 Å². The van der Waals surface area contributed by atoms with Crippen molar-refractivity contribution in [2.75, 3.05) is 20.3 Å². The fourth-order valence-electron chi connectivity index (χ4n) is 1.34. The zero-order valence-corrected chi connectivity index (χ0v) is 10.3. The van der Waals surface area contributed by atoms with Crippen LogP contribution in [-0.2, 0) is 16.1 Å². The molecule has 1 heterocycles. The maximum atomic E-state index is 11.5. The van der Waals surface area contributed by atoms with Gasteiger partial charge in [-0.05, 0) is 13.3 Å². The first-order valence-corrected chi connectivity index (χ1v) is 5.45. The molecule has 1 aromatic heterocycles. The maximum Gasteiger partial charge on any atom is 0.358 e. The highest BCUT2D eigenvalue weighted by Crippen LogP contribution is 2.02. The van der Waals surface area contributed by atoms with Gasteiger partial charge in [0.2, 0.25) is 5.91 Å². The predicted molar refractivity (Wildman–Crippen MR) is 61.2 cm³/mol. The van der Waals surface area contributed by atoms with Crippen LogP contribution in [0.2, 0.25) is 0 Å². The van der Waals surface area contributed by atoms with Crippen LogP contribution >= 0.6 is 0 Å². The molecule has 0 saturated carbocycles. The number of carbonyl (C=O) groups excluding carboxylic acids is 1. The summed E-state index contributed by atoms with van der Waals surface area (Å²) in [6.07, 6.45) is 0.721. The number of carboxylic acids is 1. The monoisotopic (exact) mass is 256 g/mol. The van der Waals surface area contributed by atoms with Crippen molar-refractivity contribution in [2.24, 2.45) is 0 Å². The van der Waals surface area contributed by atoms with E-state index in [0.29, 0.717) is 18.8 Å². The largest absolute Gasteiger partial charge is 0.476 e. The van der Waals surface area contributed by atoms with Crippen LogP contribution in [0.3, 0.4) is 0 Å². The summed E-state index contributed by atoms with van der Waals surface area (Å²) in [6, 6.07) is 0. The van der Waals surface area contributed by atoms with E-state index >= 15 is 0 Å². The van der Waals surface area contributed by atoms with Crippen LogP contribution in [0.5, 0.6) is 0 Å². The molecule has 100 valence electrons. The summed E-state index contributed by atoms with van der Waals surface area (Å²) < 4.78 is 6.11. The van der Waals surface area contributed by atoms with Crippen molar-refractivity contribution in [3.8, 4) is 0 Å². The Labute approximate surface area is 104 Å². The Balaban J connectivity index is 2.47. The molecule has 2 N–H and O–H groups in total. The van der Waals surface area contributed by atoms with Crippen molar-refractivity contribution >= 4 is 11.9 Å². The smallest absolute Gasteiger partial charge is 0.358 e. The molecule has 0 aliphatic carbocycles. The van der Waals surface area contributed by atoms with Crippen molar-refractivity contribution in [2.45, 2.75) is 19.9 Å². The van der Waals surface area contributed by atoms with E-state index in [1.807, 2.05) is 0 Å². The molecule has 0 aliphatic rings. The summed E-state index contributed by atoms with van der Waals surface area (Å²) in [6.45, 7) is 2.60. The lowest BCUT2D eigenvalue weighted by Gasteiger charge is -2.05. The fourth-order valence-corrected chi connectivity index (χ4v) is 1.34. The minimum absolute atomic E-state index is 0.0426. The number of hydrogen-bond acceptors (Lipinski definition) is 5. The molecular weight excluding hydrogens is 240 g/mol. The van der Waals surface area contributed by atoms with Crippen LogP contribution in [0.4, 0.5) is 0 Å². The SMILES string of the molecule is COCCCNC(=O)Cn1nnc(C(=O)O)c1C. The Bertz CT molecular complexity index is 430. The number of ether oxygens (including phenoxy) is 1. The maximum absolute atomic E-state index is 11.5. The number of amides is 1. The lowest BCUT2D eigenvalue weighted by Crippen LogP contribution is -2.29. The summed E-state index contributed by atoms with van der Waals surface area (Å²) in [7, 11) is 1.59. The van der Waals surface area contributed by atoms with E-state index in [1.54, 1.807) is 14.0 Å². The molecule has 0 fully saturated rings. The second kappa shape index (κ2) is 6.70. The van der Waals surface area contributed by atoms with E-state index in [0.717, 1.165) is 6.42 Å². The molecule has 0 radical (unpaired) electrons. The fraction of sp³-hybridized carbons (Fsp3) is 0.600. The molecular formula is C10H16N4O4. The highest BCUT2D eigenvalue weighted by molar-refractivity contribution is 5.86. The molecule has 1 aromatic rings. The van der Waals surface area contributed by atoms with Gasteiger partial charge in [-0.2, -0.15) is 0 Å². The molecule has 8 heteroatoms. The minimum atomic E-state index is -1.15. The van der Waals surface area contributed by atoms with Crippen molar-refractivity contribution in [3.05, 3.63) is 11.4 Å². The van der Waals surface area contributed by atoms with Crippen LogP contribution < -0.4 is 5.32 Å². The number of methoxy groups -OCH3 is 1. The third-order valence-electron chi connectivity index (χ3n) is 2.33. The second-order valence-corrected chi connectivity index (χ2v) is 3.68. The zero-order chi connectivity index (χ0) is 13.5. The molecule has 0 unspecified atom stereocenters. The number of carboxylic acid groups (broad SMARTS) is 1. The average molecular weight is 256 g/mol. The Morgan fingerprint density at radius 2 is 2.22 bits per heavy atom. The molecule has 0 atom stereocenters. The zero-order valence-electron chi connectivity index (χ0n) is 10.3. The van der Waals surface area contributed by atoms with E-state index in [-0.39, 0.29) is 18.1 Å². The second-order valence-electron chi connectivity index (χ2n) is 3.68. The number of aromatic carboxylic acids is 1. The van der Waals surface area contributed by atoms with Crippen LogP contribution in [0.1, 0.15) is 22.6 Å². The van der Waals surface area contributed by atoms with Gasteiger partial charge in [-0.15, -0.1) is 5.10 Å². The van der Waals surface area contributed by atoms with Gasteiger partial charge in [-0.25, -0.2) is 9.48 Å². The van der Waals surface area contributed by atoms with E-state index in [9.17, 15) is 9.59 Å². The first-order valence-electron chi connectivity index (χ1n) is 5.45. The van der Waals surface area contributed by atoms with Crippen LogP contribution in [-0.4, -0.2) is 52.2 Å². The van der Waals surface area contributed by atoms with Gasteiger partial charge in [0.15, 0.2) is 5.69 Å². The van der Waals surface area contributed by atoms with Crippen molar-refractivity contribution in [1.29, 1.82) is 0 Å². The number of hydrogen-bond donors (Lipinski definition) is 2. The first-order chi connectivity index (χ1) is 8.56. The third-order valence-corrected chi connectivity index (χ3v) is 2.33. The van der Waals surface area contributed by atoms with Gasteiger partial charge in [0.25, 0.3) is 0 Å². The number of rotatable bonds is 7. The van der Waals surface area contributed by atoms with Crippen LogP contribution in [0, 0.1) is 6.92 Å². The summed E-state index contributed by atoms with van der Waals surface area (Å²) in [5.74, 6) is -1.39. The molecule has 18 heavy (non-hydrogen) atoms. The van der Waals surface area contributed by atoms with Crippen molar-refractivity contribution in [3.63, 3.8) is 0 Å². The Kier molecular flexibility index (Phi) is 5.25. The number of nitrogens with zero attached hydrogens (tertiary/aromatic N) is 3. The summed E-state index contributed by atoms with van der Waals surface area (Å²) in [4.78, 5) is 22.3. The number of carbonyl (C=O) groups is 2. The van der Waals surface area contributed by atoms with Gasteiger partial charge in [0.1, 0.15) is 6.54 Å². The average Bonchev–Trinajstić information content (AvgIpc) is 2.67. The predicted octanol–water partition coefficient (Wildman–Crippen LogP) is -0.563. The van der Waals surface area contributed by atoms with E-state index in [1.165, 1.54) is 4.68 Å². The molecule has 0 aliphatic heterocycles. The molecule has 1 rings (SSSR count). The van der Waals surface area contributed by atoms with Gasteiger partial charge < -0.3 is 15.2 Å². The Morgan fingerprint density at radius 3 is 2.78 bits per heavy atom. The molecule has 0 aromatic carbocycles. The third kappa shape index (κ3) is 3.81. The Morgan fingerprint density at radius 1 is 1.50 bits per heavy atom. The number of aromatic nitrogens is 3. The molecule has 0 saturated heterocycles. The normalized spacial score (nSPS) is 10.3. The quantitative estimate of drug-likeness (QED) is 0.633. The van der Waals surface area contributed by atoms with E-state index in [2.05, 4.69) is 15.6 Å². The first kappa shape index (κ1) is 14.1. The minimum Gasteiger partial charge on any atom is -0.476 e. The van der Waals surface area contributed by atoms with Gasteiger partial charge >= 0.3 is 5.97 Å². The lowest BCUT2D eigenvalue weighted by molar-refractivity contribution is -0.121. The Hall–Kier alpha value is -1.96. The van der Waals surface area contributed by atoms with Crippen molar-refractivity contribution < 1.29 is 19.4 Å². The van der Waals surface area contributed by atoms with Gasteiger partial charge in [0, 0.05) is 20.3 Å². The molecule has 0 spiro atoms. The highest BCUT2D eigenvalue weighted by atomic mass is 16.5. The van der Waals surface area contributed by atoms with Gasteiger partial charge in [0.05, 0.1) is 5.69 Å². The molecule has 1 amide bonds. The summed E-state index contributed by atoms with van der Waals surface area (Å²) in [5.41, 5.74) is 0.219. The summed E-state index contributed by atoms with van der Waals surface area (Å²) >= 11 is 0. The van der Waals surface area contributed by atoms with Crippen LogP contribution in [0.15, 0.2) is 0 Å². The van der Waals surface area contributed by atoms with E-state index < -0.39 is 5.97 Å². The topological polar surface area (TPSA) is 106 Å². The molecule has 0 bridgehead atoms. The number of nitrogens with one attached hydrogen (secondary N) is 1.